The maximum Gasteiger partial charge on any atom is 0.338 e. The van der Waals surface area contributed by atoms with Crippen molar-refractivity contribution in [2.45, 2.75) is 18.8 Å². The van der Waals surface area contributed by atoms with E-state index in [4.69, 9.17) is 5.11 Å². The number of nitrogens with zero attached hydrogens (tertiary/aromatic N) is 2. The Morgan fingerprint density at radius 2 is 2.31 bits per heavy atom. The Bertz CT molecular complexity index is 363. The highest BCUT2D eigenvalue weighted by molar-refractivity contribution is 9.10. The number of hydrogen-bond acceptors (Lipinski definition) is 3. The molecule has 0 aliphatic heterocycles. The van der Waals surface area contributed by atoms with E-state index in [2.05, 4.69) is 26.1 Å². The van der Waals surface area contributed by atoms with E-state index in [1.165, 1.54) is 0 Å². The zero-order chi connectivity index (χ0) is 9.42. The van der Waals surface area contributed by atoms with Gasteiger partial charge in [0.15, 0.2) is 0 Å². The first kappa shape index (κ1) is 8.62. The summed E-state index contributed by atoms with van der Waals surface area (Å²) < 4.78 is 0.324. The smallest absolute Gasteiger partial charge is 0.338 e. The van der Waals surface area contributed by atoms with Gasteiger partial charge in [-0.15, -0.1) is 5.10 Å². The Hall–Kier alpha value is -0.970. The highest BCUT2D eigenvalue weighted by Crippen LogP contribution is 2.42. The van der Waals surface area contributed by atoms with Crippen molar-refractivity contribution in [3.8, 4) is 0 Å². The van der Waals surface area contributed by atoms with E-state index in [9.17, 15) is 4.79 Å². The highest BCUT2D eigenvalue weighted by atomic mass is 79.9. The molecule has 1 aliphatic rings. The predicted molar refractivity (Wildman–Crippen MR) is 48.7 cm³/mol. The van der Waals surface area contributed by atoms with Crippen molar-refractivity contribution in [3.05, 3.63) is 21.9 Å². The van der Waals surface area contributed by atoms with Crippen molar-refractivity contribution in [3.63, 3.8) is 0 Å². The molecule has 0 spiro atoms. The molecule has 1 aromatic rings. The minimum atomic E-state index is -0.941. The average molecular weight is 243 g/mol. The van der Waals surface area contributed by atoms with Crippen LogP contribution in [0.3, 0.4) is 0 Å². The number of carboxylic acid groups (broad SMARTS) is 1. The lowest BCUT2D eigenvalue weighted by Gasteiger charge is -2.03. The van der Waals surface area contributed by atoms with Crippen molar-refractivity contribution in [2.75, 3.05) is 0 Å². The molecular formula is C8H7BrN2O2. The number of rotatable bonds is 2. The molecule has 1 N–H and O–H groups in total. The number of carboxylic acids is 1. The molecular weight excluding hydrogens is 236 g/mol. The molecule has 0 aromatic carbocycles. The van der Waals surface area contributed by atoms with Crippen molar-refractivity contribution < 1.29 is 9.90 Å². The summed E-state index contributed by atoms with van der Waals surface area (Å²) >= 11 is 3.09. The van der Waals surface area contributed by atoms with Gasteiger partial charge in [0.1, 0.15) is 4.60 Å². The van der Waals surface area contributed by atoms with E-state index in [1.54, 1.807) is 6.20 Å². The summed E-state index contributed by atoms with van der Waals surface area (Å²) in [4.78, 5) is 10.9. The second-order valence-electron chi connectivity index (χ2n) is 3.05. The monoisotopic (exact) mass is 242 g/mol. The summed E-state index contributed by atoms with van der Waals surface area (Å²) in [5.74, 6) is -0.568. The van der Waals surface area contributed by atoms with Crippen LogP contribution in [0.2, 0.25) is 0 Å². The third-order valence-corrected chi connectivity index (χ3v) is 2.62. The first-order valence-corrected chi connectivity index (χ1v) is 4.74. The number of halogens is 1. The van der Waals surface area contributed by atoms with Crippen LogP contribution in [0.5, 0.6) is 0 Å². The first-order chi connectivity index (χ1) is 6.20. The summed E-state index contributed by atoms with van der Waals surface area (Å²) in [6.07, 6.45) is 3.66. The van der Waals surface area contributed by atoms with Crippen LogP contribution in [0.4, 0.5) is 0 Å². The Balaban J connectivity index is 2.53. The molecule has 1 fully saturated rings. The maximum atomic E-state index is 10.9. The van der Waals surface area contributed by atoms with Crippen LogP contribution in [0.15, 0.2) is 10.8 Å². The fourth-order valence-corrected chi connectivity index (χ4v) is 1.78. The number of hydrogen-bond donors (Lipinski definition) is 1. The van der Waals surface area contributed by atoms with Gasteiger partial charge in [0, 0.05) is 0 Å². The molecule has 0 saturated heterocycles. The summed E-state index contributed by atoms with van der Waals surface area (Å²) in [6.45, 7) is 0. The number of aromatic nitrogens is 2. The highest BCUT2D eigenvalue weighted by Gasteiger charge is 2.30. The van der Waals surface area contributed by atoms with Gasteiger partial charge in [-0.25, -0.2) is 4.79 Å². The summed E-state index contributed by atoms with van der Waals surface area (Å²) in [5.41, 5.74) is 1.06. The second-order valence-corrected chi connectivity index (χ2v) is 3.80. The van der Waals surface area contributed by atoms with E-state index in [-0.39, 0.29) is 5.56 Å². The minimum Gasteiger partial charge on any atom is -0.478 e. The molecule has 5 heteroatoms. The van der Waals surface area contributed by atoms with Crippen LogP contribution < -0.4 is 0 Å². The minimum absolute atomic E-state index is 0.262. The standard InChI is InChI=1S/C8H7BrN2O2/c9-7-6(8(12)13)5(3-10-11-7)4-1-2-4/h3-4H,1-2H2,(H,12,13). The molecule has 0 amide bonds. The first-order valence-electron chi connectivity index (χ1n) is 3.94. The fraction of sp³-hybridized carbons (Fsp3) is 0.375. The summed E-state index contributed by atoms with van der Waals surface area (Å²) in [5, 5.41) is 16.3. The van der Waals surface area contributed by atoms with E-state index < -0.39 is 5.97 Å². The normalized spacial score (nSPS) is 15.8. The van der Waals surface area contributed by atoms with Crippen molar-refractivity contribution >= 4 is 21.9 Å². The maximum absolute atomic E-state index is 10.9. The predicted octanol–water partition coefficient (Wildman–Crippen LogP) is 1.81. The molecule has 1 saturated carbocycles. The van der Waals surface area contributed by atoms with Gasteiger partial charge in [-0.2, -0.15) is 5.10 Å². The van der Waals surface area contributed by atoms with Gasteiger partial charge < -0.3 is 5.11 Å². The average Bonchev–Trinajstić information content (AvgIpc) is 2.85. The van der Waals surface area contributed by atoms with E-state index in [1.807, 2.05) is 0 Å². The zero-order valence-corrected chi connectivity index (χ0v) is 8.28. The largest absolute Gasteiger partial charge is 0.478 e. The van der Waals surface area contributed by atoms with Gasteiger partial charge in [0.05, 0.1) is 11.8 Å². The van der Waals surface area contributed by atoms with Gasteiger partial charge in [-0.05, 0) is 40.3 Å². The van der Waals surface area contributed by atoms with Crippen molar-refractivity contribution in [1.82, 2.24) is 10.2 Å². The van der Waals surface area contributed by atoms with Crippen LogP contribution >= 0.6 is 15.9 Å². The molecule has 0 radical (unpaired) electrons. The van der Waals surface area contributed by atoms with E-state index in [0.717, 1.165) is 18.4 Å². The third kappa shape index (κ3) is 1.56. The zero-order valence-electron chi connectivity index (χ0n) is 6.70. The van der Waals surface area contributed by atoms with Gasteiger partial charge in [0.25, 0.3) is 0 Å². The third-order valence-electron chi connectivity index (χ3n) is 2.07. The van der Waals surface area contributed by atoms with Crippen LogP contribution in [0.1, 0.15) is 34.7 Å². The molecule has 1 heterocycles. The van der Waals surface area contributed by atoms with Crippen LogP contribution in [-0.2, 0) is 0 Å². The molecule has 0 bridgehead atoms. The Morgan fingerprint density at radius 1 is 1.62 bits per heavy atom. The Kier molecular flexibility index (Phi) is 2.03. The van der Waals surface area contributed by atoms with Gasteiger partial charge in [-0.1, -0.05) is 0 Å². The summed E-state index contributed by atoms with van der Waals surface area (Å²) in [7, 11) is 0. The second kappa shape index (κ2) is 3.06. The SMILES string of the molecule is O=C(O)c1c(C2CC2)cnnc1Br. The van der Waals surface area contributed by atoms with Crippen LogP contribution in [-0.4, -0.2) is 21.3 Å². The van der Waals surface area contributed by atoms with Crippen LogP contribution in [0, 0.1) is 0 Å². The van der Waals surface area contributed by atoms with Crippen LogP contribution in [0.25, 0.3) is 0 Å². The molecule has 1 aromatic heterocycles. The molecule has 13 heavy (non-hydrogen) atoms. The van der Waals surface area contributed by atoms with Gasteiger partial charge >= 0.3 is 5.97 Å². The molecule has 0 unspecified atom stereocenters. The lowest BCUT2D eigenvalue weighted by atomic mass is 10.1. The Labute approximate surface area is 83.1 Å². The number of aromatic carboxylic acids is 1. The van der Waals surface area contributed by atoms with E-state index >= 15 is 0 Å². The number of carbonyl (C=O) groups is 1. The van der Waals surface area contributed by atoms with Gasteiger partial charge in [-0.3, -0.25) is 0 Å². The molecule has 1 aliphatic carbocycles. The van der Waals surface area contributed by atoms with Crippen molar-refractivity contribution in [2.24, 2.45) is 0 Å². The topological polar surface area (TPSA) is 63.1 Å². The lowest BCUT2D eigenvalue weighted by Crippen LogP contribution is -2.05. The Morgan fingerprint density at radius 3 is 2.85 bits per heavy atom. The van der Waals surface area contributed by atoms with Gasteiger partial charge in [0.2, 0.25) is 0 Å². The van der Waals surface area contributed by atoms with Crippen molar-refractivity contribution in [1.29, 1.82) is 0 Å². The summed E-state index contributed by atoms with van der Waals surface area (Å²) in [6, 6.07) is 0. The molecule has 2 rings (SSSR count). The lowest BCUT2D eigenvalue weighted by molar-refractivity contribution is 0.0693. The molecule has 0 atom stereocenters. The molecule has 68 valence electrons. The quantitative estimate of drug-likeness (QED) is 0.860. The molecule has 4 nitrogen and oxygen atoms in total. The fourth-order valence-electron chi connectivity index (χ4n) is 1.29. The van der Waals surface area contributed by atoms with E-state index in [0.29, 0.717) is 10.5 Å².